The number of hydrogen-bond acceptors (Lipinski definition) is 1. The fourth-order valence-corrected chi connectivity index (χ4v) is 5.06. The SMILES string of the molecule is CCCCCc1c2nc(c(CCCCC)c3ccc([nH]3)c(CCCCC)c3ccc1[nH]3)C=C2. The summed E-state index contributed by atoms with van der Waals surface area (Å²) in [4.78, 5) is 12.8. The van der Waals surface area contributed by atoms with Gasteiger partial charge in [-0.05, 0) is 80.5 Å². The topological polar surface area (TPSA) is 44.5 Å². The highest BCUT2D eigenvalue weighted by Crippen LogP contribution is 2.28. The number of rotatable bonds is 12. The zero-order valence-electron chi connectivity index (χ0n) is 20.9. The van der Waals surface area contributed by atoms with E-state index in [9.17, 15) is 0 Å². The first kappa shape index (κ1) is 23.6. The van der Waals surface area contributed by atoms with E-state index in [1.54, 1.807) is 0 Å². The number of nitrogens with zero attached hydrogens (tertiary/aromatic N) is 1. The third kappa shape index (κ3) is 5.51. The van der Waals surface area contributed by atoms with Crippen molar-refractivity contribution >= 4 is 34.2 Å². The third-order valence-corrected chi connectivity index (χ3v) is 7.02. The van der Waals surface area contributed by atoms with Crippen molar-refractivity contribution in [2.45, 2.75) is 97.8 Å². The summed E-state index contributed by atoms with van der Waals surface area (Å²) >= 11 is 0. The second kappa shape index (κ2) is 11.5. The van der Waals surface area contributed by atoms with Crippen molar-refractivity contribution in [3.8, 4) is 0 Å². The molecule has 0 atom stereocenters. The molecule has 0 saturated heterocycles. The zero-order valence-corrected chi connectivity index (χ0v) is 20.9. The van der Waals surface area contributed by atoms with Crippen LogP contribution in [0, 0.1) is 0 Å². The third-order valence-electron chi connectivity index (χ3n) is 7.02. The number of aromatic amines is 2. The molecule has 0 radical (unpaired) electrons. The molecule has 0 amide bonds. The molecule has 1 aliphatic heterocycles. The van der Waals surface area contributed by atoms with Gasteiger partial charge in [-0.15, -0.1) is 0 Å². The van der Waals surface area contributed by atoms with Crippen LogP contribution in [0.15, 0.2) is 24.3 Å². The van der Waals surface area contributed by atoms with Gasteiger partial charge in [0.1, 0.15) is 0 Å². The van der Waals surface area contributed by atoms with Crippen LogP contribution >= 0.6 is 0 Å². The number of aromatic nitrogens is 3. The second-order valence-corrected chi connectivity index (χ2v) is 9.59. The highest BCUT2D eigenvalue weighted by atomic mass is 14.8. The van der Waals surface area contributed by atoms with Crippen molar-refractivity contribution in [1.82, 2.24) is 15.0 Å². The van der Waals surface area contributed by atoms with Gasteiger partial charge in [-0.2, -0.15) is 0 Å². The molecule has 6 bridgehead atoms. The summed E-state index contributed by atoms with van der Waals surface area (Å²) in [6.07, 6.45) is 18.9. The molecule has 3 heteroatoms. The van der Waals surface area contributed by atoms with E-state index >= 15 is 0 Å². The average molecular weight is 444 g/mol. The minimum Gasteiger partial charge on any atom is -0.355 e. The lowest BCUT2D eigenvalue weighted by Gasteiger charge is -2.06. The van der Waals surface area contributed by atoms with E-state index in [0.29, 0.717) is 0 Å². The van der Waals surface area contributed by atoms with Crippen LogP contribution in [0.5, 0.6) is 0 Å². The van der Waals surface area contributed by atoms with Gasteiger partial charge in [0.15, 0.2) is 0 Å². The van der Waals surface area contributed by atoms with Crippen molar-refractivity contribution < 1.29 is 0 Å². The Labute approximate surface area is 199 Å². The summed E-state index contributed by atoms with van der Waals surface area (Å²) in [5.74, 6) is 0. The largest absolute Gasteiger partial charge is 0.355 e. The molecule has 33 heavy (non-hydrogen) atoms. The maximum absolute atomic E-state index is 5.19. The van der Waals surface area contributed by atoms with Gasteiger partial charge < -0.3 is 9.97 Å². The summed E-state index contributed by atoms with van der Waals surface area (Å²) in [6, 6.07) is 9.12. The lowest BCUT2D eigenvalue weighted by molar-refractivity contribution is 0.715. The van der Waals surface area contributed by atoms with E-state index in [1.807, 2.05) is 0 Å². The zero-order chi connectivity index (χ0) is 23.0. The van der Waals surface area contributed by atoms with Crippen molar-refractivity contribution in [3.63, 3.8) is 0 Å². The Morgan fingerprint density at radius 3 is 1.27 bits per heavy atom. The predicted molar refractivity (Wildman–Crippen MR) is 144 cm³/mol. The van der Waals surface area contributed by atoms with Crippen LogP contribution < -0.4 is 0 Å². The van der Waals surface area contributed by atoms with Crippen LogP contribution in [-0.2, 0) is 19.3 Å². The average Bonchev–Trinajstić information content (AvgIpc) is 3.59. The highest BCUT2D eigenvalue weighted by Gasteiger charge is 2.14. The summed E-state index contributed by atoms with van der Waals surface area (Å²) in [5, 5.41) is 0. The standard InChI is InChI=1S/C30H41N3/c1-4-7-10-13-22-25-16-18-27(31-25)23(14-11-8-5-2)29-20-21-30(33-29)24(15-12-9-6-3)28-19-17-26(22)32-28/h16-21,31-32H,4-15H2,1-3H3. The van der Waals surface area contributed by atoms with E-state index in [1.165, 1.54) is 96.5 Å². The first-order valence-electron chi connectivity index (χ1n) is 13.4. The minimum atomic E-state index is 1.07. The van der Waals surface area contributed by atoms with Gasteiger partial charge in [0.25, 0.3) is 0 Å². The number of H-pyrrole nitrogens is 2. The quantitative estimate of drug-likeness (QED) is 0.211. The van der Waals surface area contributed by atoms with Gasteiger partial charge in [-0.3, -0.25) is 0 Å². The molecule has 3 aromatic rings. The minimum absolute atomic E-state index is 1.07. The summed E-state index contributed by atoms with van der Waals surface area (Å²) in [7, 11) is 0. The molecule has 4 heterocycles. The summed E-state index contributed by atoms with van der Waals surface area (Å²) < 4.78 is 0. The smallest absolute Gasteiger partial charge is 0.0690 e. The number of hydrogen-bond donors (Lipinski definition) is 2. The predicted octanol–water partition coefficient (Wildman–Crippen LogP) is 8.85. The molecule has 3 nitrogen and oxygen atoms in total. The van der Waals surface area contributed by atoms with E-state index in [4.69, 9.17) is 4.98 Å². The molecule has 2 N–H and O–H groups in total. The van der Waals surface area contributed by atoms with Crippen LogP contribution in [0.1, 0.15) is 107 Å². The van der Waals surface area contributed by atoms with Gasteiger partial charge in [-0.1, -0.05) is 59.3 Å². The molecule has 176 valence electrons. The van der Waals surface area contributed by atoms with Crippen molar-refractivity contribution in [1.29, 1.82) is 0 Å². The van der Waals surface area contributed by atoms with Gasteiger partial charge >= 0.3 is 0 Å². The van der Waals surface area contributed by atoms with Crippen LogP contribution in [0.25, 0.3) is 34.2 Å². The van der Waals surface area contributed by atoms with Crippen LogP contribution in [0.2, 0.25) is 0 Å². The molecular weight excluding hydrogens is 402 g/mol. The molecule has 0 aromatic carbocycles. The molecule has 0 aliphatic carbocycles. The first-order chi connectivity index (χ1) is 16.2. The molecule has 0 fully saturated rings. The molecule has 1 aliphatic rings. The fraction of sp³-hybridized carbons (Fsp3) is 0.500. The number of nitrogens with one attached hydrogen (secondary N) is 2. The number of unbranched alkanes of at least 4 members (excludes halogenated alkanes) is 6. The first-order valence-corrected chi connectivity index (χ1v) is 13.4. The normalized spacial score (nSPS) is 12.2. The molecular formula is C30H41N3. The highest BCUT2D eigenvalue weighted by molar-refractivity contribution is 5.82. The molecule has 4 rings (SSSR count). The van der Waals surface area contributed by atoms with Crippen LogP contribution in [0.3, 0.4) is 0 Å². The van der Waals surface area contributed by atoms with Crippen LogP contribution in [-0.4, -0.2) is 15.0 Å². The fourth-order valence-electron chi connectivity index (χ4n) is 5.06. The van der Waals surface area contributed by atoms with Gasteiger partial charge in [-0.25, -0.2) is 4.98 Å². The number of aryl methyl sites for hydroxylation is 3. The van der Waals surface area contributed by atoms with Crippen LogP contribution in [0.4, 0.5) is 0 Å². The Hall–Kier alpha value is -2.55. The van der Waals surface area contributed by atoms with E-state index in [0.717, 1.165) is 30.7 Å². The van der Waals surface area contributed by atoms with Gasteiger partial charge in [0.05, 0.1) is 11.4 Å². The summed E-state index contributed by atoms with van der Waals surface area (Å²) in [6.45, 7) is 6.83. The lowest BCUT2D eigenvalue weighted by Crippen LogP contribution is -1.95. The molecule has 3 aromatic heterocycles. The Morgan fingerprint density at radius 1 is 0.515 bits per heavy atom. The molecule has 0 spiro atoms. The Balaban J connectivity index is 1.94. The van der Waals surface area contributed by atoms with Gasteiger partial charge in [0, 0.05) is 33.2 Å². The van der Waals surface area contributed by atoms with Crippen molar-refractivity contribution in [2.75, 3.05) is 0 Å². The Kier molecular flexibility index (Phi) is 8.25. The van der Waals surface area contributed by atoms with Crippen molar-refractivity contribution in [3.05, 3.63) is 52.3 Å². The van der Waals surface area contributed by atoms with E-state index in [-0.39, 0.29) is 0 Å². The van der Waals surface area contributed by atoms with E-state index in [2.05, 4.69) is 67.2 Å². The lowest BCUT2D eigenvalue weighted by atomic mass is 10.1. The number of fused-ring (bicyclic) bond motifs is 6. The Morgan fingerprint density at radius 2 is 0.879 bits per heavy atom. The molecule has 0 saturated carbocycles. The second-order valence-electron chi connectivity index (χ2n) is 9.59. The van der Waals surface area contributed by atoms with Gasteiger partial charge in [0.2, 0.25) is 0 Å². The Bertz CT molecular complexity index is 1080. The maximum Gasteiger partial charge on any atom is 0.0690 e. The van der Waals surface area contributed by atoms with E-state index < -0.39 is 0 Å². The monoisotopic (exact) mass is 443 g/mol. The summed E-state index contributed by atoms with van der Waals surface area (Å²) in [5.41, 5.74) is 11.4. The maximum atomic E-state index is 5.19. The molecule has 0 unspecified atom stereocenters. The van der Waals surface area contributed by atoms with Crippen molar-refractivity contribution in [2.24, 2.45) is 0 Å².